The molecule has 1 aromatic carbocycles. The quantitative estimate of drug-likeness (QED) is 0.816. The minimum Gasteiger partial charge on any atom is -0.491 e. The average molecular weight is 346 g/mol. The molecule has 4 nitrogen and oxygen atoms in total. The predicted octanol–water partition coefficient (Wildman–Crippen LogP) is 3.38. The highest BCUT2D eigenvalue weighted by atomic mass is 35.5. The van der Waals surface area contributed by atoms with Crippen molar-refractivity contribution in [2.75, 3.05) is 13.2 Å². The third-order valence-corrected chi connectivity index (χ3v) is 5.98. The van der Waals surface area contributed by atoms with E-state index in [0.717, 1.165) is 10.4 Å². The van der Waals surface area contributed by atoms with Crippen LogP contribution in [0.3, 0.4) is 0 Å². The molecule has 0 spiro atoms. The lowest BCUT2D eigenvalue weighted by atomic mass is 10.2. The molecule has 0 fully saturated rings. The zero-order chi connectivity index (χ0) is 15.5. The van der Waals surface area contributed by atoms with Crippen LogP contribution < -0.4 is 9.46 Å². The lowest BCUT2D eigenvalue weighted by Gasteiger charge is -2.09. The number of hydrogen-bond donors (Lipinski definition) is 1. The molecule has 1 N–H and O–H groups in total. The molecule has 0 radical (unpaired) electrons. The molecule has 1 heterocycles. The summed E-state index contributed by atoms with van der Waals surface area (Å²) >= 11 is 7.24. The summed E-state index contributed by atoms with van der Waals surface area (Å²) in [6.07, 6.45) is 0. The van der Waals surface area contributed by atoms with Crippen LogP contribution in [0.5, 0.6) is 5.75 Å². The molecule has 1 aromatic heterocycles. The first-order chi connectivity index (χ1) is 9.88. The summed E-state index contributed by atoms with van der Waals surface area (Å²) in [5.41, 5.74) is 1.03. The van der Waals surface area contributed by atoms with Gasteiger partial charge in [0.1, 0.15) is 16.6 Å². The van der Waals surface area contributed by atoms with Crippen LogP contribution in [0.4, 0.5) is 0 Å². The van der Waals surface area contributed by atoms with Gasteiger partial charge in [0.05, 0.1) is 5.02 Å². The van der Waals surface area contributed by atoms with Crippen LogP contribution in [0.15, 0.2) is 34.5 Å². The molecular weight excluding hydrogens is 330 g/mol. The number of aryl methyl sites for hydroxylation is 2. The molecule has 0 unspecified atom stereocenters. The van der Waals surface area contributed by atoms with Gasteiger partial charge in [-0.2, -0.15) is 0 Å². The number of hydrogen-bond acceptors (Lipinski definition) is 4. The van der Waals surface area contributed by atoms with Crippen LogP contribution in [0.2, 0.25) is 5.02 Å². The van der Waals surface area contributed by atoms with E-state index in [2.05, 4.69) is 4.72 Å². The van der Waals surface area contributed by atoms with Gasteiger partial charge in [0.2, 0.25) is 10.0 Å². The van der Waals surface area contributed by atoms with Crippen molar-refractivity contribution in [3.63, 3.8) is 0 Å². The minimum atomic E-state index is -3.46. The van der Waals surface area contributed by atoms with E-state index in [1.165, 1.54) is 11.3 Å². The van der Waals surface area contributed by atoms with Crippen molar-refractivity contribution in [2.45, 2.75) is 18.1 Å². The second-order valence-electron chi connectivity index (χ2n) is 4.55. The minimum absolute atomic E-state index is 0.184. The van der Waals surface area contributed by atoms with Gasteiger partial charge in [-0.15, -0.1) is 11.3 Å². The van der Waals surface area contributed by atoms with Gasteiger partial charge in [-0.3, -0.25) is 0 Å². The smallest absolute Gasteiger partial charge is 0.250 e. The van der Waals surface area contributed by atoms with Crippen molar-refractivity contribution in [1.29, 1.82) is 0 Å². The highest BCUT2D eigenvalue weighted by molar-refractivity contribution is 7.91. The topological polar surface area (TPSA) is 55.4 Å². The largest absolute Gasteiger partial charge is 0.491 e. The Morgan fingerprint density at radius 3 is 2.67 bits per heavy atom. The van der Waals surface area contributed by atoms with Crippen LogP contribution in [-0.2, 0) is 10.0 Å². The Balaban J connectivity index is 1.88. The number of thiophene rings is 1. The maximum absolute atomic E-state index is 12.0. The summed E-state index contributed by atoms with van der Waals surface area (Å²) in [6, 6.07) is 8.84. The predicted molar refractivity (Wildman–Crippen MR) is 85.9 cm³/mol. The zero-order valence-corrected chi connectivity index (χ0v) is 14.1. The van der Waals surface area contributed by atoms with Gasteiger partial charge in [0, 0.05) is 11.4 Å². The van der Waals surface area contributed by atoms with Gasteiger partial charge in [0.15, 0.2) is 0 Å². The lowest BCUT2D eigenvalue weighted by Crippen LogP contribution is -2.27. The van der Waals surface area contributed by atoms with Gasteiger partial charge < -0.3 is 4.74 Å². The first-order valence-electron chi connectivity index (χ1n) is 6.33. The van der Waals surface area contributed by atoms with Crippen molar-refractivity contribution in [3.8, 4) is 5.75 Å². The van der Waals surface area contributed by atoms with E-state index in [1.54, 1.807) is 18.2 Å². The molecule has 0 bridgehead atoms. The molecule has 0 saturated carbocycles. The van der Waals surface area contributed by atoms with E-state index >= 15 is 0 Å². The van der Waals surface area contributed by atoms with Gasteiger partial charge in [0.25, 0.3) is 0 Å². The molecule has 7 heteroatoms. The summed E-state index contributed by atoms with van der Waals surface area (Å²) in [6.45, 7) is 4.20. The number of nitrogens with one attached hydrogen (secondary N) is 1. The molecule has 0 aliphatic carbocycles. The molecular formula is C14H16ClNO3S2. The van der Waals surface area contributed by atoms with E-state index in [-0.39, 0.29) is 13.2 Å². The fourth-order valence-electron chi connectivity index (χ4n) is 1.69. The molecule has 114 valence electrons. The summed E-state index contributed by atoms with van der Waals surface area (Å²) in [5, 5.41) is 0.511. The average Bonchev–Trinajstić information content (AvgIpc) is 2.86. The molecule has 0 saturated heterocycles. The monoisotopic (exact) mass is 345 g/mol. The second kappa shape index (κ2) is 6.79. The molecule has 0 aliphatic heterocycles. The molecule has 0 amide bonds. The Kier molecular flexibility index (Phi) is 5.27. The third kappa shape index (κ3) is 4.44. The van der Waals surface area contributed by atoms with Crippen molar-refractivity contribution in [1.82, 2.24) is 4.72 Å². The summed E-state index contributed by atoms with van der Waals surface area (Å²) in [5.74, 6) is 0.558. The SMILES string of the molecule is Cc1ccc(Cl)c(OCCNS(=O)(=O)c2ccc(C)s2)c1. The van der Waals surface area contributed by atoms with Crippen LogP contribution in [0.25, 0.3) is 0 Å². The van der Waals surface area contributed by atoms with E-state index in [1.807, 2.05) is 26.0 Å². The zero-order valence-electron chi connectivity index (χ0n) is 11.7. The van der Waals surface area contributed by atoms with Crippen molar-refractivity contribution in [2.24, 2.45) is 0 Å². The number of rotatable bonds is 6. The summed E-state index contributed by atoms with van der Waals surface area (Å²) in [4.78, 5) is 0.957. The van der Waals surface area contributed by atoms with Gasteiger partial charge in [-0.1, -0.05) is 17.7 Å². The van der Waals surface area contributed by atoms with Crippen molar-refractivity contribution < 1.29 is 13.2 Å². The van der Waals surface area contributed by atoms with Gasteiger partial charge in [-0.25, -0.2) is 13.1 Å². The first kappa shape index (κ1) is 16.3. The van der Waals surface area contributed by atoms with Crippen LogP contribution in [0.1, 0.15) is 10.4 Å². The Morgan fingerprint density at radius 2 is 2.00 bits per heavy atom. The van der Waals surface area contributed by atoms with E-state index in [0.29, 0.717) is 15.0 Å². The van der Waals surface area contributed by atoms with E-state index < -0.39 is 10.0 Å². The van der Waals surface area contributed by atoms with Crippen molar-refractivity contribution >= 4 is 33.0 Å². The first-order valence-corrected chi connectivity index (χ1v) is 9.01. The molecule has 0 atom stereocenters. The lowest BCUT2D eigenvalue weighted by molar-refractivity contribution is 0.323. The molecule has 21 heavy (non-hydrogen) atoms. The molecule has 2 rings (SSSR count). The maximum Gasteiger partial charge on any atom is 0.250 e. The number of ether oxygens (including phenoxy) is 1. The second-order valence-corrected chi connectivity index (χ2v) is 8.23. The van der Waals surface area contributed by atoms with Crippen LogP contribution >= 0.6 is 22.9 Å². The number of benzene rings is 1. The van der Waals surface area contributed by atoms with Gasteiger partial charge in [-0.05, 0) is 43.7 Å². The van der Waals surface area contributed by atoms with Crippen molar-refractivity contribution in [3.05, 3.63) is 45.8 Å². The van der Waals surface area contributed by atoms with Gasteiger partial charge >= 0.3 is 0 Å². The van der Waals surface area contributed by atoms with Crippen LogP contribution in [0, 0.1) is 13.8 Å². The van der Waals surface area contributed by atoms with Crippen LogP contribution in [-0.4, -0.2) is 21.6 Å². The molecule has 0 aliphatic rings. The summed E-state index contributed by atoms with van der Waals surface area (Å²) in [7, 11) is -3.46. The number of halogens is 1. The standard InChI is InChI=1S/C14H16ClNO3S2/c1-10-3-5-12(15)13(9-10)19-8-7-16-21(17,18)14-6-4-11(2)20-14/h3-6,9,16H,7-8H2,1-2H3. The maximum atomic E-state index is 12.0. The number of sulfonamides is 1. The fraction of sp³-hybridized carbons (Fsp3) is 0.286. The Morgan fingerprint density at radius 1 is 1.24 bits per heavy atom. The summed E-state index contributed by atoms with van der Waals surface area (Å²) < 4.78 is 32.3. The highest BCUT2D eigenvalue weighted by Gasteiger charge is 2.15. The fourth-order valence-corrected chi connectivity index (χ4v) is 4.20. The Labute approximate surface area is 133 Å². The van der Waals surface area contributed by atoms with E-state index in [4.69, 9.17) is 16.3 Å². The highest BCUT2D eigenvalue weighted by Crippen LogP contribution is 2.25. The molecule has 2 aromatic rings. The Hall–Kier alpha value is -1.08. The van der Waals surface area contributed by atoms with E-state index in [9.17, 15) is 8.42 Å². The third-order valence-electron chi connectivity index (χ3n) is 2.72. The normalized spacial score (nSPS) is 11.6. The Bertz CT molecular complexity index is 726.